The third-order valence-electron chi connectivity index (χ3n) is 3.34. The Morgan fingerprint density at radius 3 is 2.46 bits per heavy atom. The Kier molecular flexibility index (Phi) is 4.95. The Hall–Kier alpha value is -3.46. The van der Waals surface area contributed by atoms with E-state index in [2.05, 4.69) is 31.7 Å². The minimum atomic E-state index is 0.569. The van der Waals surface area contributed by atoms with Crippen molar-refractivity contribution in [2.24, 2.45) is 0 Å². The quantitative estimate of drug-likeness (QED) is 0.680. The van der Waals surface area contributed by atoms with E-state index < -0.39 is 0 Å². The molecule has 0 fully saturated rings. The van der Waals surface area contributed by atoms with Crippen molar-refractivity contribution in [2.75, 3.05) is 23.7 Å². The molecule has 0 unspecified atom stereocenters. The van der Waals surface area contributed by atoms with Gasteiger partial charge < -0.3 is 10.6 Å². The van der Waals surface area contributed by atoms with E-state index in [1.54, 1.807) is 24.5 Å². The fraction of sp³-hybridized carbons (Fsp3) is 0.111. The van der Waals surface area contributed by atoms with Crippen molar-refractivity contribution in [2.45, 2.75) is 0 Å². The summed E-state index contributed by atoms with van der Waals surface area (Å²) in [6, 6.07) is 17.0. The molecule has 0 atom stereocenters. The maximum Gasteiger partial charge on any atom is 0.223 e. The topological polar surface area (TPSA) is 86.5 Å². The van der Waals surface area contributed by atoms with Crippen molar-refractivity contribution in [3.8, 4) is 17.3 Å². The average molecular weight is 316 g/mol. The Morgan fingerprint density at radius 2 is 1.71 bits per heavy atom. The van der Waals surface area contributed by atoms with Crippen LogP contribution in [0.2, 0.25) is 0 Å². The van der Waals surface area contributed by atoms with E-state index in [4.69, 9.17) is 5.26 Å². The lowest BCUT2D eigenvalue weighted by Gasteiger charge is -2.08. The van der Waals surface area contributed by atoms with Crippen LogP contribution < -0.4 is 10.6 Å². The van der Waals surface area contributed by atoms with E-state index in [0.29, 0.717) is 24.6 Å². The molecule has 2 N–H and O–H groups in total. The minimum absolute atomic E-state index is 0.569. The van der Waals surface area contributed by atoms with Crippen LogP contribution in [0, 0.1) is 11.3 Å². The Balaban J connectivity index is 1.58. The summed E-state index contributed by atoms with van der Waals surface area (Å²) >= 11 is 0. The number of rotatable bonds is 6. The van der Waals surface area contributed by atoms with Gasteiger partial charge in [0.1, 0.15) is 5.82 Å². The molecule has 118 valence electrons. The molecule has 0 spiro atoms. The van der Waals surface area contributed by atoms with Crippen molar-refractivity contribution in [1.82, 2.24) is 15.0 Å². The summed E-state index contributed by atoms with van der Waals surface area (Å²) in [6.07, 6.45) is 3.47. The predicted molar refractivity (Wildman–Crippen MR) is 93.4 cm³/mol. The summed E-state index contributed by atoms with van der Waals surface area (Å²) < 4.78 is 0. The molecule has 3 rings (SSSR count). The normalized spacial score (nSPS) is 9.96. The highest BCUT2D eigenvalue weighted by Crippen LogP contribution is 2.18. The molecule has 6 heteroatoms. The van der Waals surface area contributed by atoms with Crippen molar-refractivity contribution >= 4 is 11.8 Å². The highest BCUT2D eigenvalue weighted by molar-refractivity contribution is 5.61. The first-order valence-electron chi connectivity index (χ1n) is 7.57. The molecule has 1 aromatic carbocycles. The second kappa shape index (κ2) is 7.70. The molecule has 0 saturated carbocycles. The van der Waals surface area contributed by atoms with Gasteiger partial charge in [-0.3, -0.25) is 0 Å². The molecule has 0 aliphatic carbocycles. The standard InChI is InChI=1S/C18H16N6/c19-13-14-4-6-15(7-5-14)16-8-10-22-18(24-16)23-12-11-21-17-3-1-2-9-20-17/h1-10H,11-12H2,(H,20,21)(H,22,23,24). The molecule has 2 aromatic heterocycles. The number of nitrogens with one attached hydrogen (secondary N) is 2. The first-order valence-corrected chi connectivity index (χ1v) is 7.57. The lowest BCUT2D eigenvalue weighted by atomic mass is 10.1. The van der Waals surface area contributed by atoms with Gasteiger partial charge in [-0.2, -0.15) is 5.26 Å². The van der Waals surface area contributed by atoms with Crippen LogP contribution in [-0.4, -0.2) is 28.0 Å². The van der Waals surface area contributed by atoms with Crippen LogP contribution in [0.15, 0.2) is 60.9 Å². The van der Waals surface area contributed by atoms with Crippen LogP contribution in [0.4, 0.5) is 11.8 Å². The van der Waals surface area contributed by atoms with E-state index in [0.717, 1.165) is 17.1 Å². The van der Waals surface area contributed by atoms with Crippen molar-refractivity contribution < 1.29 is 0 Å². The zero-order valence-electron chi connectivity index (χ0n) is 13.0. The molecule has 0 saturated heterocycles. The van der Waals surface area contributed by atoms with Gasteiger partial charge >= 0.3 is 0 Å². The molecule has 24 heavy (non-hydrogen) atoms. The van der Waals surface area contributed by atoms with Gasteiger partial charge in [0.15, 0.2) is 0 Å². The number of nitriles is 1. The molecular weight excluding hydrogens is 300 g/mol. The fourth-order valence-electron chi connectivity index (χ4n) is 2.15. The van der Waals surface area contributed by atoms with Crippen LogP contribution >= 0.6 is 0 Å². The summed E-state index contributed by atoms with van der Waals surface area (Å²) in [7, 11) is 0. The lowest BCUT2D eigenvalue weighted by molar-refractivity contribution is 1.02. The summed E-state index contributed by atoms with van der Waals surface area (Å²) in [5, 5.41) is 15.2. The van der Waals surface area contributed by atoms with Gasteiger partial charge in [0, 0.05) is 31.0 Å². The van der Waals surface area contributed by atoms with Crippen LogP contribution in [-0.2, 0) is 0 Å². The monoisotopic (exact) mass is 316 g/mol. The fourth-order valence-corrected chi connectivity index (χ4v) is 2.15. The largest absolute Gasteiger partial charge is 0.368 e. The van der Waals surface area contributed by atoms with E-state index in [1.807, 2.05) is 36.4 Å². The maximum absolute atomic E-state index is 8.85. The van der Waals surface area contributed by atoms with Gasteiger partial charge in [-0.15, -0.1) is 0 Å². The smallest absolute Gasteiger partial charge is 0.223 e. The number of benzene rings is 1. The van der Waals surface area contributed by atoms with Crippen LogP contribution in [0.5, 0.6) is 0 Å². The maximum atomic E-state index is 8.85. The molecule has 0 aliphatic rings. The van der Waals surface area contributed by atoms with E-state index in [-0.39, 0.29) is 0 Å². The predicted octanol–water partition coefficient (Wildman–Crippen LogP) is 2.93. The molecule has 2 heterocycles. The highest BCUT2D eigenvalue weighted by atomic mass is 15.1. The summed E-state index contributed by atoms with van der Waals surface area (Å²) in [5.41, 5.74) is 2.40. The lowest BCUT2D eigenvalue weighted by Crippen LogP contribution is -2.15. The van der Waals surface area contributed by atoms with Crippen molar-refractivity contribution in [1.29, 1.82) is 5.26 Å². The van der Waals surface area contributed by atoms with Gasteiger partial charge in [0.25, 0.3) is 0 Å². The molecule has 0 amide bonds. The zero-order chi connectivity index (χ0) is 16.6. The molecule has 6 nitrogen and oxygen atoms in total. The Bertz CT molecular complexity index is 824. The van der Waals surface area contributed by atoms with E-state index >= 15 is 0 Å². The SMILES string of the molecule is N#Cc1ccc(-c2ccnc(NCCNc3ccccn3)n2)cc1. The molecule has 0 aliphatic heterocycles. The third kappa shape index (κ3) is 4.05. The zero-order valence-corrected chi connectivity index (χ0v) is 13.0. The second-order valence-electron chi connectivity index (χ2n) is 5.02. The van der Waals surface area contributed by atoms with Gasteiger partial charge in [-0.05, 0) is 30.3 Å². The number of anilines is 2. The van der Waals surface area contributed by atoms with Gasteiger partial charge in [0.2, 0.25) is 5.95 Å². The third-order valence-corrected chi connectivity index (χ3v) is 3.34. The Labute approximate surface area is 140 Å². The van der Waals surface area contributed by atoms with Crippen molar-refractivity contribution in [3.05, 3.63) is 66.5 Å². The first-order chi connectivity index (χ1) is 11.8. The number of aromatic nitrogens is 3. The number of hydrogen-bond acceptors (Lipinski definition) is 6. The van der Waals surface area contributed by atoms with E-state index in [9.17, 15) is 0 Å². The first kappa shape index (κ1) is 15.4. The average Bonchev–Trinajstić information content (AvgIpc) is 2.66. The van der Waals surface area contributed by atoms with Crippen LogP contribution in [0.25, 0.3) is 11.3 Å². The molecular formula is C18H16N6. The molecule has 3 aromatic rings. The van der Waals surface area contributed by atoms with Crippen LogP contribution in [0.3, 0.4) is 0 Å². The van der Waals surface area contributed by atoms with Crippen molar-refractivity contribution in [3.63, 3.8) is 0 Å². The van der Waals surface area contributed by atoms with Gasteiger partial charge in [-0.1, -0.05) is 18.2 Å². The minimum Gasteiger partial charge on any atom is -0.368 e. The second-order valence-corrected chi connectivity index (χ2v) is 5.02. The molecule has 0 bridgehead atoms. The van der Waals surface area contributed by atoms with Gasteiger partial charge in [0.05, 0.1) is 17.3 Å². The number of hydrogen-bond donors (Lipinski definition) is 2. The van der Waals surface area contributed by atoms with Crippen LogP contribution in [0.1, 0.15) is 5.56 Å². The summed E-state index contributed by atoms with van der Waals surface area (Å²) in [5.74, 6) is 1.41. The number of nitrogens with zero attached hydrogens (tertiary/aromatic N) is 4. The summed E-state index contributed by atoms with van der Waals surface area (Å²) in [6.45, 7) is 1.38. The number of pyridine rings is 1. The summed E-state index contributed by atoms with van der Waals surface area (Å²) in [4.78, 5) is 12.9. The van der Waals surface area contributed by atoms with E-state index in [1.165, 1.54) is 0 Å². The highest BCUT2D eigenvalue weighted by Gasteiger charge is 2.02. The molecule has 0 radical (unpaired) electrons. The Morgan fingerprint density at radius 1 is 0.875 bits per heavy atom. The van der Waals surface area contributed by atoms with Gasteiger partial charge in [-0.25, -0.2) is 15.0 Å².